The summed E-state index contributed by atoms with van der Waals surface area (Å²) >= 11 is 0. The van der Waals surface area contributed by atoms with Crippen molar-refractivity contribution < 1.29 is 14.3 Å². The molecule has 0 bridgehead atoms. The first-order valence-corrected chi connectivity index (χ1v) is 3.45. The molecule has 0 heterocycles. The Balaban J connectivity index is 3.68. The van der Waals surface area contributed by atoms with E-state index in [4.69, 9.17) is 4.74 Å². The third-order valence-corrected chi connectivity index (χ3v) is 1.20. The van der Waals surface area contributed by atoms with Crippen LogP contribution in [0.5, 0.6) is 0 Å². The molecule has 0 spiro atoms. The SMILES string of the molecule is CCOC(CC)C(=O)OC. The van der Waals surface area contributed by atoms with E-state index in [1.165, 1.54) is 7.11 Å². The third kappa shape index (κ3) is 2.82. The van der Waals surface area contributed by atoms with E-state index in [1.54, 1.807) is 0 Å². The van der Waals surface area contributed by atoms with E-state index in [0.717, 1.165) is 0 Å². The maximum atomic E-state index is 10.8. The van der Waals surface area contributed by atoms with E-state index in [2.05, 4.69) is 4.74 Å². The van der Waals surface area contributed by atoms with E-state index < -0.39 is 0 Å². The van der Waals surface area contributed by atoms with Crippen molar-refractivity contribution in [3.8, 4) is 0 Å². The summed E-state index contributed by atoms with van der Waals surface area (Å²) in [5.74, 6) is -0.288. The number of methoxy groups -OCH3 is 1. The molecule has 0 saturated carbocycles. The van der Waals surface area contributed by atoms with Gasteiger partial charge in [0.05, 0.1) is 7.11 Å². The lowest BCUT2D eigenvalue weighted by Gasteiger charge is -2.10. The van der Waals surface area contributed by atoms with Crippen LogP contribution in [-0.4, -0.2) is 25.8 Å². The molecule has 0 saturated heterocycles. The fourth-order valence-electron chi connectivity index (χ4n) is 0.685. The third-order valence-electron chi connectivity index (χ3n) is 1.20. The van der Waals surface area contributed by atoms with Crippen molar-refractivity contribution in [2.24, 2.45) is 0 Å². The van der Waals surface area contributed by atoms with Crippen molar-refractivity contribution in [3.63, 3.8) is 0 Å². The van der Waals surface area contributed by atoms with E-state index >= 15 is 0 Å². The Morgan fingerprint density at radius 3 is 2.40 bits per heavy atom. The molecule has 0 aromatic carbocycles. The normalized spacial score (nSPS) is 12.7. The highest BCUT2D eigenvalue weighted by Gasteiger charge is 2.15. The Labute approximate surface area is 61.3 Å². The molecule has 0 radical (unpaired) electrons. The van der Waals surface area contributed by atoms with Crippen LogP contribution in [0.3, 0.4) is 0 Å². The van der Waals surface area contributed by atoms with Gasteiger partial charge in [-0.25, -0.2) is 4.79 Å². The summed E-state index contributed by atoms with van der Waals surface area (Å²) in [5, 5.41) is 0. The molecule has 0 aliphatic heterocycles. The molecule has 3 heteroatoms. The van der Waals surface area contributed by atoms with E-state index in [9.17, 15) is 4.79 Å². The van der Waals surface area contributed by atoms with Crippen LogP contribution in [0.2, 0.25) is 0 Å². The second kappa shape index (κ2) is 5.23. The lowest BCUT2D eigenvalue weighted by Crippen LogP contribution is -2.24. The minimum Gasteiger partial charge on any atom is -0.467 e. The summed E-state index contributed by atoms with van der Waals surface area (Å²) in [6, 6.07) is 0. The molecule has 3 nitrogen and oxygen atoms in total. The molecule has 0 fully saturated rings. The van der Waals surface area contributed by atoms with Gasteiger partial charge in [0.1, 0.15) is 0 Å². The van der Waals surface area contributed by atoms with E-state index in [0.29, 0.717) is 13.0 Å². The molecule has 1 atom stereocenters. The number of ether oxygens (including phenoxy) is 2. The lowest BCUT2D eigenvalue weighted by molar-refractivity contribution is -0.153. The molecule has 0 aromatic rings. The Morgan fingerprint density at radius 1 is 1.50 bits per heavy atom. The van der Waals surface area contributed by atoms with E-state index in [1.807, 2.05) is 13.8 Å². The van der Waals surface area contributed by atoms with Crippen molar-refractivity contribution in [3.05, 3.63) is 0 Å². The van der Waals surface area contributed by atoms with Crippen molar-refractivity contribution in [2.75, 3.05) is 13.7 Å². The molecule has 0 amide bonds. The van der Waals surface area contributed by atoms with Gasteiger partial charge in [-0.1, -0.05) is 6.92 Å². The van der Waals surface area contributed by atoms with Gasteiger partial charge in [0.2, 0.25) is 0 Å². The van der Waals surface area contributed by atoms with Gasteiger partial charge in [-0.15, -0.1) is 0 Å². The van der Waals surface area contributed by atoms with Gasteiger partial charge in [-0.05, 0) is 13.3 Å². The first kappa shape index (κ1) is 9.43. The van der Waals surface area contributed by atoms with Gasteiger partial charge in [0.25, 0.3) is 0 Å². The fraction of sp³-hybridized carbons (Fsp3) is 0.857. The number of carbonyl (C=O) groups is 1. The zero-order valence-electron chi connectivity index (χ0n) is 6.72. The van der Waals surface area contributed by atoms with Gasteiger partial charge in [0.15, 0.2) is 6.10 Å². The zero-order valence-corrected chi connectivity index (χ0v) is 6.72. The van der Waals surface area contributed by atoms with Crippen LogP contribution in [0, 0.1) is 0 Å². The summed E-state index contributed by atoms with van der Waals surface area (Å²) in [6.45, 7) is 4.29. The van der Waals surface area contributed by atoms with Crippen molar-refractivity contribution >= 4 is 5.97 Å². The molecule has 0 rings (SSSR count). The number of rotatable bonds is 4. The predicted octanol–water partition coefficient (Wildman–Crippen LogP) is 0.975. The number of carbonyl (C=O) groups excluding carboxylic acids is 1. The maximum absolute atomic E-state index is 10.8. The first-order chi connectivity index (χ1) is 4.76. The summed E-state index contributed by atoms with van der Waals surface area (Å²) in [4.78, 5) is 10.8. The minimum atomic E-state index is -0.380. The van der Waals surface area contributed by atoms with Crippen LogP contribution >= 0.6 is 0 Å². The quantitative estimate of drug-likeness (QED) is 0.554. The van der Waals surface area contributed by atoms with Crippen LogP contribution in [0.15, 0.2) is 0 Å². The topological polar surface area (TPSA) is 35.5 Å². The number of esters is 1. The maximum Gasteiger partial charge on any atom is 0.334 e. The van der Waals surface area contributed by atoms with Crippen LogP contribution in [0.4, 0.5) is 0 Å². The molecule has 0 aliphatic rings. The van der Waals surface area contributed by atoms with Gasteiger partial charge < -0.3 is 9.47 Å². The van der Waals surface area contributed by atoms with Crippen molar-refractivity contribution in [1.82, 2.24) is 0 Å². The largest absolute Gasteiger partial charge is 0.467 e. The van der Waals surface area contributed by atoms with Gasteiger partial charge in [-0.2, -0.15) is 0 Å². The Kier molecular flexibility index (Phi) is 4.94. The summed E-state index contributed by atoms with van der Waals surface area (Å²) < 4.78 is 9.56. The van der Waals surface area contributed by atoms with Crippen LogP contribution in [-0.2, 0) is 14.3 Å². The summed E-state index contributed by atoms with van der Waals surface area (Å²) in [6.07, 6.45) is 0.288. The Morgan fingerprint density at radius 2 is 2.10 bits per heavy atom. The molecule has 0 aromatic heterocycles. The standard InChI is InChI=1S/C7H14O3/c1-4-6(10-5-2)7(8)9-3/h6H,4-5H2,1-3H3. The lowest BCUT2D eigenvalue weighted by atomic mass is 10.3. The summed E-state index contributed by atoms with van der Waals surface area (Å²) in [7, 11) is 1.37. The highest BCUT2D eigenvalue weighted by Crippen LogP contribution is 1.99. The molecule has 1 unspecified atom stereocenters. The van der Waals surface area contributed by atoms with Crippen LogP contribution in [0.1, 0.15) is 20.3 Å². The van der Waals surface area contributed by atoms with Gasteiger partial charge in [-0.3, -0.25) is 0 Å². The predicted molar refractivity (Wildman–Crippen MR) is 37.7 cm³/mol. The van der Waals surface area contributed by atoms with Crippen LogP contribution in [0.25, 0.3) is 0 Å². The average Bonchev–Trinajstić information content (AvgIpc) is 1.99. The second-order valence-corrected chi connectivity index (χ2v) is 1.88. The van der Waals surface area contributed by atoms with Gasteiger partial charge in [0, 0.05) is 6.61 Å². The number of hydrogen-bond donors (Lipinski definition) is 0. The highest BCUT2D eigenvalue weighted by atomic mass is 16.6. The monoisotopic (exact) mass is 146 g/mol. The van der Waals surface area contributed by atoms with Crippen molar-refractivity contribution in [1.29, 1.82) is 0 Å². The molecular formula is C7H14O3. The van der Waals surface area contributed by atoms with Crippen LogP contribution < -0.4 is 0 Å². The molecule has 0 N–H and O–H groups in total. The molecule has 10 heavy (non-hydrogen) atoms. The number of hydrogen-bond acceptors (Lipinski definition) is 3. The molecule has 0 aliphatic carbocycles. The zero-order chi connectivity index (χ0) is 7.98. The fourth-order valence-corrected chi connectivity index (χ4v) is 0.685. The van der Waals surface area contributed by atoms with Crippen molar-refractivity contribution in [2.45, 2.75) is 26.4 Å². The van der Waals surface area contributed by atoms with E-state index in [-0.39, 0.29) is 12.1 Å². The Bertz CT molecular complexity index is 101. The smallest absolute Gasteiger partial charge is 0.334 e. The first-order valence-electron chi connectivity index (χ1n) is 3.45. The molecular weight excluding hydrogens is 132 g/mol. The highest BCUT2D eigenvalue weighted by molar-refractivity contribution is 5.74. The summed E-state index contributed by atoms with van der Waals surface area (Å²) in [5.41, 5.74) is 0. The van der Waals surface area contributed by atoms with Gasteiger partial charge >= 0.3 is 5.97 Å². The minimum absolute atomic E-state index is 0.288. The molecule has 60 valence electrons. The second-order valence-electron chi connectivity index (χ2n) is 1.88. The Hall–Kier alpha value is -0.570. The average molecular weight is 146 g/mol.